The molecule has 26 heavy (non-hydrogen) atoms. The van der Waals surface area contributed by atoms with Crippen molar-refractivity contribution in [1.29, 1.82) is 0 Å². The molecule has 0 bridgehead atoms. The highest BCUT2D eigenvalue weighted by molar-refractivity contribution is 5.95. The second kappa shape index (κ2) is 7.56. The van der Waals surface area contributed by atoms with Gasteiger partial charge < -0.3 is 10.2 Å². The van der Waals surface area contributed by atoms with Crippen molar-refractivity contribution >= 4 is 11.8 Å². The lowest BCUT2D eigenvalue weighted by molar-refractivity contribution is 0.0784. The average molecular weight is 350 g/mol. The van der Waals surface area contributed by atoms with Crippen LogP contribution in [-0.4, -0.2) is 51.4 Å². The second-order valence-electron chi connectivity index (χ2n) is 5.75. The van der Waals surface area contributed by atoms with Gasteiger partial charge in [0.2, 0.25) is 5.82 Å². The molecule has 2 amide bonds. The maximum Gasteiger partial charge on any atom is 0.253 e. The molecule has 1 aromatic heterocycles. The van der Waals surface area contributed by atoms with Gasteiger partial charge in [0.25, 0.3) is 11.8 Å². The predicted octanol–water partition coefficient (Wildman–Crippen LogP) is 1.50. The van der Waals surface area contributed by atoms with E-state index in [-0.39, 0.29) is 11.8 Å². The van der Waals surface area contributed by atoms with Crippen LogP contribution in [0.3, 0.4) is 0 Å². The van der Waals surface area contributed by atoms with Gasteiger partial charge in [-0.2, -0.15) is 5.21 Å². The van der Waals surface area contributed by atoms with Crippen molar-refractivity contribution in [3.05, 3.63) is 65.2 Å². The fraction of sp³-hybridized carbons (Fsp3) is 0.167. The number of nitrogens with zero attached hydrogens (tertiary/aromatic N) is 4. The number of H-pyrrole nitrogens is 1. The SMILES string of the molecule is CNC(=O)c1ccc(CN(C)C(=O)c2ccc(-c3nn[nH]n3)cc2)cc1. The largest absolute Gasteiger partial charge is 0.355 e. The summed E-state index contributed by atoms with van der Waals surface area (Å²) < 4.78 is 0. The fourth-order valence-corrected chi connectivity index (χ4v) is 2.52. The first-order chi connectivity index (χ1) is 12.6. The first kappa shape index (κ1) is 17.3. The second-order valence-corrected chi connectivity index (χ2v) is 5.75. The van der Waals surface area contributed by atoms with Crippen LogP contribution in [0.15, 0.2) is 48.5 Å². The topological polar surface area (TPSA) is 104 Å². The Morgan fingerprint density at radius 1 is 1.04 bits per heavy atom. The van der Waals surface area contributed by atoms with Gasteiger partial charge in [0, 0.05) is 37.3 Å². The Balaban J connectivity index is 1.66. The molecule has 0 aliphatic carbocycles. The van der Waals surface area contributed by atoms with Crippen LogP contribution in [-0.2, 0) is 6.54 Å². The summed E-state index contributed by atoms with van der Waals surface area (Å²) in [7, 11) is 3.33. The number of hydrogen-bond acceptors (Lipinski definition) is 5. The van der Waals surface area contributed by atoms with Crippen LogP contribution in [0.1, 0.15) is 26.3 Å². The van der Waals surface area contributed by atoms with Gasteiger partial charge in [-0.15, -0.1) is 10.2 Å². The summed E-state index contributed by atoms with van der Waals surface area (Å²) in [5.41, 5.74) is 2.88. The molecule has 0 radical (unpaired) electrons. The van der Waals surface area contributed by atoms with Crippen molar-refractivity contribution in [2.45, 2.75) is 6.54 Å². The number of benzene rings is 2. The van der Waals surface area contributed by atoms with Gasteiger partial charge in [-0.3, -0.25) is 9.59 Å². The normalized spacial score (nSPS) is 10.4. The molecule has 8 heteroatoms. The smallest absolute Gasteiger partial charge is 0.253 e. The Kier molecular flexibility index (Phi) is 5.02. The molecule has 1 heterocycles. The van der Waals surface area contributed by atoms with Crippen LogP contribution in [0.25, 0.3) is 11.4 Å². The maximum atomic E-state index is 12.6. The molecule has 2 aromatic carbocycles. The van der Waals surface area contributed by atoms with E-state index in [4.69, 9.17) is 0 Å². The molecule has 0 aliphatic rings. The minimum Gasteiger partial charge on any atom is -0.355 e. The monoisotopic (exact) mass is 350 g/mol. The number of aromatic nitrogens is 4. The Labute approximate surface area is 150 Å². The number of aromatic amines is 1. The Hall–Kier alpha value is -3.55. The number of rotatable bonds is 5. The molecule has 3 rings (SSSR count). The summed E-state index contributed by atoms with van der Waals surface area (Å²) in [5.74, 6) is 0.247. The van der Waals surface area contributed by atoms with E-state index in [0.29, 0.717) is 23.5 Å². The summed E-state index contributed by atoms with van der Waals surface area (Å²) in [6, 6.07) is 14.2. The van der Waals surface area contributed by atoms with Crippen molar-refractivity contribution in [1.82, 2.24) is 30.8 Å². The van der Waals surface area contributed by atoms with Gasteiger partial charge in [0.1, 0.15) is 0 Å². The van der Waals surface area contributed by atoms with E-state index in [0.717, 1.165) is 11.1 Å². The Morgan fingerprint density at radius 3 is 2.27 bits per heavy atom. The standard InChI is InChI=1S/C18H18N6O2/c1-19-17(25)14-5-3-12(4-6-14)11-24(2)18(26)15-9-7-13(8-10-15)16-20-22-23-21-16/h3-10H,11H2,1-2H3,(H,19,25)(H,20,21,22,23). The molecular formula is C18H18N6O2. The van der Waals surface area contributed by atoms with E-state index in [1.165, 1.54) is 0 Å². The molecule has 0 fully saturated rings. The summed E-state index contributed by atoms with van der Waals surface area (Å²) in [4.78, 5) is 25.8. The minimum absolute atomic E-state index is 0.0972. The zero-order valence-electron chi connectivity index (χ0n) is 14.4. The lowest BCUT2D eigenvalue weighted by Gasteiger charge is -2.17. The van der Waals surface area contributed by atoms with Gasteiger partial charge in [0.05, 0.1) is 0 Å². The summed E-state index contributed by atoms with van der Waals surface area (Å²) >= 11 is 0. The van der Waals surface area contributed by atoms with E-state index < -0.39 is 0 Å². The van der Waals surface area contributed by atoms with Crippen LogP contribution >= 0.6 is 0 Å². The predicted molar refractivity (Wildman–Crippen MR) is 95.2 cm³/mol. The number of amides is 2. The molecular weight excluding hydrogens is 332 g/mol. The number of nitrogens with one attached hydrogen (secondary N) is 2. The third kappa shape index (κ3) is 3.75. The third-order valence-electron chi connectivity index (χ3n) is 3.95. The van der Waals surface area contributed by atoms with Crippen LogP contribution in [0.4, 0.5) is 0 Å². The van der Waals surface area contributed by atoms with Crippen LogP contribution in [0.5, 0.6) is 0 Å². The molecule has 0 atom stereocenters. The van der Waals surface area contributed by atoms with E-state index >= 15 is 0 Å². The first-order valence-corrected chi connectivity index (χ1v) is 7.99. The highest BCUT2D eigenvalue weighted by atomic mass is 16.2. The zero-order chi connectivity index (χ0) is 18.5. The van der Waals surface area contributed by atoms with Crippen molar-refractivity contribution < 1.29 is 9.59 Å². The van der Waals surface area contributed by atoms with E-state index in [1.54, 1.807) is 55.4 Å². The first-order valence-electron chi connectivity index (χ1n) is 7.99. The Bertz CT molecular complexity index is 888. The van der Waals surface area contributed by atoms with Gasteiger partial charge in [-0.25, -0.2) is 0 Å². The van der Waals surface area contributed by atoms with Gasteiger partial charge in [0.15, 0.2) is 0 Å². The van der Waals surface area contributed by atoms with Gasteiger partial charge in [-0.05, 0) is 35.0 Å². The molecule has 0 saturated heterocycles. The molecule has 0 saturated carbocycles. The van der Waals surface area contributed by atoms with Crippen LogP contribution in [0, 0.1) is 0 Å². The number of carbonyl (C=O) groups is 2. The highest BCUT2D eigenvalue weighted by Gasteiger charge is 2.13. The van der Waals surface area contributed by atoms with Crippen LogP contribution in [0.2, 0.25) is 0 Å². The maximum absolute atomic E-state index is 12.6. The summed E-state index contributed by atoms with van der Waals surface area (Å²) in [6.07, 6.45) is 0. The molecule has 0 spiro atoms. The fourth-order valence-electron chi connectivity index (χ4n) is 2.52. The number of carbonyl (C=O) groups excluding carboxylic acids is 2. The molecule has 8 nitrogen and oxygen atoms in total. The summed E-state index contributed by atoms with van der Waals surface area (Å²) in [5, 5.41) is 16.3. The van der Waals surface area contributed by atoms with E-state index in [9.17, 15) is 9.59 Å². The van der Waals surface area contributed by atoms with Gasteiger partial charge >= 0.3 is 0 Å². The lowest BCUT2D eigenvalue weighted by atomic mass is 10.1. The van der Waals surface area contributed by atoms with Gasteiger partial charge in [-0.1, -0.05) is 24.3 Å². The zero-order valence-corrected chi connectivity index (χ0v) is 14.4. The molecule has 3 aromatic rings. The molecule has 0 aliphatic heterocycles. The van der Waals surface area contributed by atoms with Crippen molar-refractivity contribution in [2.75, 3.05) is 14.1 Å². The highest BCUT2D eigenvalue weighted by Crippen LogP contribution is 2.16. The van der Waals surface area contributed by atoms with Crippen molar-refractivity contribution in [2.24, 2.45) is 0 Å². The summed E-state index contributed by atoms with van der Waals surface area (Å²) in [6.45, 7) is 0.444. The molecule has 132 valence electrons. The number of hydrogen-bond donors (Lipinski definition) is 2. The van der Waals surface area contributed by atoms with E-state index in [2.05, 4.69) is 25.9 Å². The lowest BCUT2D eigenvalue weighted by Crippen LogP contribution is -2.26. The molecule has 2 N–H and O–H groups in total. The quantitative estimate of drug-likeness (QED) is 0.726. The average Bonchev–Trinajstić information content (AvgIpc) is 3.22. The Morgan fingerprint density at radius 2 is 1.69 bits per heavy atom. The third-order valence-corrected chi connectivity index (χ3v) is 3.95. The molecule has 0 unspecified atom stereocenters. The minimum atomic E-state index is -0.136. The van der Waals surface area contributed by atoms with Crippen molar-refractivity contribution in [3.8, 4) is 11.4 Å². The van der Waals surface area contributed by atoms with Crippen LogP contribution < -0.4 is 5.32 Å². The van der Waals surface area contributed by atoms with E-state index in [1.807, 2.05) is 12.1 Å². The van der Waals surface area contributed by atoms with Crippen molar-refractivity contribution in [3.63, 3.8) is 0 Å². The number of tetrazole rings is 1.